The molecule has 1 aliphatic carbocycles. The van der Waals surface area contributed by atoms with Crippen LogP contribution in [0.3, 0.4) is 0 Å². The normalized spacial score (nSPS) is 17.3. The molecule has 1 aromatic heterocycles. The fourth-order valence-corrected chi connectivity index (χ4v) is 2.27. The van der Waals surface area contributed by atoms with Gasteiger partial charge in [-0.05, 0) is 58.6 Å². The molecule has 3 nitrogen and oxygen atoms in total. The smallest absolute Gasteiger partial charge is 0.0562 e. The summed E-state index contributed by atoms with van der Waals surface area (Å²) >= 11 is 0. The maximum absolute atomic E-state index is 4.46. The molecule has 0 spiro atoms. The van der Waals surface area contributed by atoms with Crippen LogP contribution < -0.4 is 10.2 Å². The molecule has 1 unspecified atom stereocenters. The predicted octanol–water partition coefficient (Wildman–Crippen LogP) is 3.20. The molecule has 106 valence electrons. The van der Waals surface area contributed by atoms with Gasteiger partial charge in [-0.1, -0.05) is 0 Å². The standard InChI is InChI=1S/C16H27N3/c1-12(13-6-7-13)19(5)15-8-9-17-14(10-15)11-18-16(2,3)4/h8-10,12-13,18H,6-7,11H2,1-5H3. The number of rotatable bonds is 5. The minimum atomic E-state index is 0.130. The van der Waals surface area contributed by atoms with Crippen molar-refractivity contribution in [2.45, 2.75) is 58.7 Å². The Morgan fingerprint density at radius 1 is 1.42 bits per heavy atom. The molecule has 2 rings (SSSR count). The van der Waals surface area contributed by atoms with Crippen molar-refractivity contribution in [2.24, 2.45) is 5.92 Å². The van der Waals surface area contributed by atoms with Crippen molar-refractivity contribution in [1.29, 1.82) is 0 Å². The molecule has 1 atom stereocenters. The molecule has 0 bridgehead atoms. The topological polar surface area (TPSA) is 28.2 Å². The molecule has 3 heteroatoms. The monoisotopic (exact) mass is 261 g/mol. The van der Waals surface area contributed by atoms with Gasteiger partial charge in [0.25, 0.3) is 0 Å². The van der Waals surface area contributed by atoms with Crippen molar-refractivity contribution in [3.05, 3.63) is 24.0 Å². The van der Waals surface area contributed by atoms with E-state index < -0.39 is 0 Å². The van der Waals surface area contributed by atoms with Crippen LogP contribution in [0.25, 0.3) is 0 Å². The average Bonchev–Trinajstić information content (AvgIpc) is 3.18. The largest absolute Gasteiger partial charge is 0.372 e. The maximum atomic E-state index is 4.46. The first-order valence-corrected chi connectivity index (χ1v) is 7.29. The third kappa shape index (κ3) is 4.20. The second-order valence-electron chi connectivity index (χ2n) is 6.80. The van der Waals surface area contributed by atoms with Crippen molar-refractivity contribution < 1.29 is 0 Å². The van der Waals surface area contributed by atoms with Crippen LogP contribution >= 0.6 is 0 Å². The van der Waals surface area contributed by atoms with E-state index in [9.17, 15) is 0 Å². The van der Waals surface area contributed by atoms with Crippen LogP contribution in [-0.2, 0) is 6.54 Å². The Labute approximate surface area is 117 Å². The van der Waals surface area contributed by atoms with Crippen LogP contribution in [0.4, 0.5) is 5.69 Å². The minimum Gasteiger partial charge on any atom is -0.372 e. The van der Waals surface area contributed by atoms with Crippen LogP contribution in [-0.4, -0.2) is 23.6 Å². The minimum absolute atomic E-state index is 0.130. The van der Waals surface area contributed by atoms with E-state index in [4.69, 9.17) is 0 Å². The Morgan fingerprint density at radius 2 is 2.11 bits per heavy atom. The average molecular weight is 261 g/mol. The Kier molecular flexibility index (Phi) is 4.14. The third-order valence-corrected chi connectivity index (χ3v) is 3.92. The van der Waals surface area contributed by atoms with Crippen LogP contribution in [0.15, 0.2) is 18.3 Å². The molecule has 0 aliphatic heterocycles. The quantitative estimate of drug-likeness (QED) is 0.882. The lowest BCUT2D eigenvalue weighted by Gasteiger charge is -2.27. The lowest BCUT2D eigenvalue weighted by Crippen LogP contribution is -2.35. The van der Waals surface area contributed by atoms with E-state index >= 15 is 0 Å². The molecular formula is C16H27N3. The second kappa shape index (κ2) is 5.49. The number of anilines is 1. The Morgan fingerprint density at radius 3 is 2.68 bits per heavy atom. The Balaban J connectivity index is 2.01. The van der Waals surface area contributed by atoms with E-state index in [1.807, 2.05) is 6.20 Å². The molecule has 0 amide bonds. The summed E-state index contributed by atoms with van der Waals surface area (Å²) < 4.78 is 0. The molecule has 0 saturated heterocycles. The van der Waals surface area contributed by atoms with E-state index in [1.165, 1.54) is 18.5 Å². The summed E-state index contributed by atoms with van der Waals surface area (Å²) in [5, 5.41) is 3.49. The van der Waals surface area contributed by atoms with E-state index in [0.717, 1.165) is 18.2 Å². The fourth-order valence-electron chi connectivity index (χ4n) is 2.27. The number of hydrogen-bond acceptors (Lipinski definition) is 3. The van der Waals surface area contributed by atoms with Gasteiger partial charge < -0.3 is 10.2 Å². The van der Waals surface area contributed by atoms with E-state index in [1.54, 1.807) is 0 Å². The summed E-state index contributed by atoms with van der Waals surface area (Å²) in [4.78, 5) is 6.84. The number of aromatic nitrogens is 1. The third-order valence-electron chi connectivity index (χ3n) is 3.92. The fraction of sp³-hybridized carbons (Fsp3) is 0.688. The summed E-state index contributed by atoms with van der Waals surface area (Å²) in [7, 11) is 2.19. The van der Waals surface area contributed by atoms with Crippen molar-refractivity contribution in [2.75, 3.05) is 11.9 Å². The van der Waals surface area contributed by atoms with Crippen molar-refractivity contribution in [1.82, 2.24) is 10.3 Å². The number of hydrogen-bond donors (Lipinski definition) is 1. The molecular weight excluding hydrogens is 234 g/mol. The summed E-state index contributed by atoms with van der Waals surface area (Å²) in [6, 6.07) is 4.95. The predicted molar refractivity (Wildman–Crippen MR) is 81.4 cm³/mol. The van der Waals surface area contributed by atoms with Crippen LogP contribution in [0.2, 0.25) is 0 Å². The Hall–Kier alpha value is -1.09. The molecule has 1 aromatic rings. The van der Waals surface area contributed by atoms with Gasteiger partial charge in [-0.15, -0.1) is 0 Å². The van der Waals surface area contributed by atoms with Crippen LogP contribution in [0, 0.1) is 5.92 Å². The number of nitrogens with one attached hydrogen (secondary N) is 1. The highest BCUT2D eigenvalue weighted by Crippen LogP contribution is 2.36. The van der Waals surface area contributed by atoms with Gasteiger partial charge in [0.2, 0.25) is 0 Å². The van der Waals surface area contributed by atoms with E-state index in [0.29, 0.717) is 6.04 Å². The molecule has 0 aromatic carbocycles. The van der Waals surface area contributed by atoms with Gasteiger partial charge in [0.1, 0.15) is 0 Å². The highest BCUT2D eigenvalue weighted by molar-refractivity contribution is 5.47. The first-order valence-electron chi connectivity index (χ1n) is 7.29. The number of pyridine rings is 1. The molecule has 19 heavy (non-hydrogen) atoms. The molecule has 1 fully saturated rings. The number of nitrogens with zero attached hydrogens (tertiary/aromatic N) is 2. The van der Waals surface area contributed by atoms with Crippen molar-refractivity contribution in [3.63, 3.8) is 0 Å². The zero-order chi connectivity index (χ0) is 14.0. The molecule has 1 saturated carbocycles. The first kappa shape index (κ1) is 14.3. The highest BCUT2D eigenvalue weighted by atomic mass is 15.1. The van der Waals surface area contributed by atoms with Gasteiger partial charge >= 0.3 is 0 Å². The van der Waals surface area contributed by atoms with Gasteiger partial charge in [0, 0.05) is 37.1 Å². The molecule has 1 N–H and O–H groups in total. The first-order chi connectivity index (χ1) is 8.87. The summed E-state index contributed by atoms with van der Waals surface area (Å²) in [5.41, 5.74) is 2.52. The van der Waals surface area contributed by atoms with Crippen molar-refractivity contribution >= 4 is 5.69 Å². The van der Waals surface area contributed by atoms with E-state index in [-0.39, 0.29) is 5.54 Å². The molecule has 1 heterocycles. The van der Waals surface area contributed by atoms with Gasteiger partial charge in [-0.25, -0.2) is 0 Å². The Bertz CT molecular complexity index is 418. The van der Waals surface area contributed by atoms with Gasteiger partial charge in [-0.2, -0.15) is 0 Å². The summed E-state index contributed by atoms with van der Waals surface area (Å²) in [6.45, 7) is 9.68. The van der Waals surface area contributed by atoms with E-state index in [2.05, 4.69) is 62.1 Å². The SMILES string of the molecule is CC(C1CC1)N(C)c1ccnc(CNC(C)(C)C)c1. The molecule has 0 radical (unpaired) electrons. The van der Waals surface area contributed by atoms with Crippen molar-refractivity contribution in [3.8, 4) is 0 Å². The van der Waals surface area contributed by atoms with Gasteiger partial charge in [0.05, 0.1) is 5.69 Å². The molecule has 1 aliphatic rings. The maximum Gasteiger partial charge on any atom is 0.0562 e. The lowest BCUT2D eigenvalue weighted by atomic mass is 10.1. The van der Waals surface area contributed by atoms with Crippen LogP contribution in [0.5, 0.6) is 0 Å². The zero-order valence-corrected chi connectivity index (χ0v) is 12.9. The zero-order valence-electron chi connectivity index (χ0n) is 12.9. The van der Waals surface area contributed by atoms with Crippen LogP contribution in [0.1, 0.15) is 46.2 Å². The van der Waals surface area contributed by atoms with Gasteiger partial charge in [-0.3, -0.25) is 4.98 Å². The second-order valence-corrected chi connectivity index (χ2v) is 6.80. The highest BCUT2D eigenvalue weighted by Gasteiger charge is 2.30. The summed E-state index contributed by atoms with van der Waals surface area (Å²) in [6.07, 6.45) is 4.69. The summed E-state index contributed by atoms with van der Waals surface area (Å²) in [5.74, 6) is 0.884. The lowest BCUT2D eigenvalue weighted by molar-refractivity contribution is 0.421. The van der Waals surface area contributed by atoms with Gasteiger partial charge in [0.15, 0.2) is 0 Å².